The first kappa shape index (κ1) is 23.2. The molecule has 0 spiro atoms. The summed E-state index contributed by atoms with van der Waals surface area (Å²) in [6.45, 7) is 6.30. The first-order chi connectivity index (χ1) is 15.9. The molecule has 0 saturated heterocycles. The highest BCUT2D eigenvalue weighted by atomic mass is 32.1. The molecule has 2 aromatic heterocycles. The number of benzene rings is 1. The molecule has 3 aromatic rings. The van der Waals surface area contributed by atoms with Crippen molar-refractivity contribution < 1.29 is 19.4 Å². The third-order valence-electron chi connectivity index (χ3n) is 5.62. The van der Waals surface area contributed by atoms with Crippen molar-refractivity contribution in [2.24, 2.45) is 5.92 Å². The van der Waals surface area contributed by atoms with Gasteiger partial charge in [0.15, 0.2) is 11.5 Å². The van der Waals surface area contributed by atoms with Crippen LogP contribution in [0.1, 0.15) is 54.4 Å². The fraction of sp³-hybridized carbons (Fsp3) is 0.400. The summed E-state index contributed by atoms with van der Waals surface area (Å²) < 4.78 is 11.8. The van der Waals surface area contributed by atoms with Crippen molar-refractivity contribution in [1.29, 1.82) is 0 Å². The van der Waals surface area contributed by atoms with Crippen molar-refractivity contribution in [1.82, 2.24) is 9.97 Å². The van der Waals surface area contributed by atoms with E-state index >= 15 is 0 Å². The molecule has 0 unspecified atom stereocenters. The minimum atomic E-state index is -0.334. The molecule has 1 aliphatic rings. The van der Waals surface area contributed by atoms with Crippen LogP contribution in [0, 0.1) is 5.92 Å². The zero-order chi connectivity index (χ0) is 23.4. The van der Waals surface area contributed by atoms with Gasteiger partial charge < -0.3 is 19.9 Å². The highest BCUT2D eigenvalue weighted by Crippen LogP contribution is 2.31. The van der Waals surface area contributed by atoms with Gasteiger partial charge in [-0.15, -0.1) is 11.3 Å². The van der Waals surface area contributed by atoms with Gasteiger partial charge in [-0.1, -0.05) is 19.1 Å². The second-order valence-corrected chi connectivity index (χ2v) is 9.60. The summed E-state index contributed by atoms with van der Waals surface area (Å²) in [4.78, 5) is 22.2. The smallest absolute Gasteiger partial charge is 0.208 e. The summed E-state index contributed by atoms with van der Waals surface area (Å²) in [5.74, 6) is 1.96. The molecule has 3 atom stereocenters. The van der Waals surface area contributed by atoms with E-state index in [0.717, 1.165) is 12.0 Å². The number of thiophene rings is 1. The van der Waals surface area contributed by atoms with E-state index < -0.39 is 0 Å². The van der Waals surface area contributed by atoms with Crippen LogP contribution in [0.25, 0.3) is 0 Å². The van der Waals surface area contributed by atoms with E-state index in [9.17, 15) is 9.90 Å². The van der Waals surface area contributed by atoms with E-state index in [1.807, 2.05) is 56.5 Å². The Labute approximate surface area is 197 Å². The van der Waals surface area contributed by atoms with Gasteiger partial charge in [-0.25, -0.2) is 9.97 Å². The van der Waals surface area contributed by atoms with E-state index in [2.05, 4.69) is 15.3 Å². The number of nitrogens with one attached hydrogen (secondary N) is 1. The van der Waals surface area contributed by atoms with Crippen LogP contribution < -0.4 is 14.8 Å². The lowest BCUT2D eigenvalue weighted by Crippen LogP contribution is -2.20. The summed E-state index contributed by atoms with van der Waals surface area (Å²) in [5.41, 5.74) is 1.33. The van der Waals surface area contributed by atoms with Gasteiger partial charge in [0.1, 0.15) is 18.8 Å². The van der Waals surface area contributed by atoms with E-state index in [-0.39, 0.29) is 30.0 Å². The highest BCUT2D eigenvalue weighted by molar-refractivity contribution is 7.12. The Morgan fingerprint density at radius 2 is 2.06 bits per heavy atom. The van der Waals surface area contributed by atoms with Crippen molar-refractivity contribution in [3.63, 3.8) is 0 Å². The normalized spacial score (nSPS) is 20.1. The van der Waals surface area contributed by atoms with E-state index in [1.54, 1.807) is 6.20 Å². The maximum atomic E-state index is 13.2. The average Bonchev–Trinajstić information content (AvgIpc) is 3.39. The summed E-state index contributed by atoms with van der Waals surface area (Å²) in [6, 6.07) is 9.49. The summed E-state index contributed by atoms with van der Waals surface area (Å²) in [5, 5.41) is 15.3. The second kappa shape index (κ2) is 10.3. The van der Waals surface area contributed by atoms with Gasteiger partial charge in [0, 0.05) is 17.8 Å². The predicted octanol–water partition coefficient (Wildman–Crippen LogP) is 4.71. The van der Waals surface area contributed by atoms with Gasteiger partial charge in [-0.05, 0) is 56.2 Å². The Balaban J connectivity index is 1.44. The standard InChI is InChI=1S/C25H29N3O4S/c1-15(2)32-22-7-5-4-6-21(22)31-12-17-9-23(33-13-17)24(30)19-11-26-14-27-25(19)28-18-8-16(3)20(29)10-18/h4-7,9,11,13-16,18,20,29H,8,10,12H2,1-3H3,(H,26,27,28)/t16-,18-,20+/m1/s1. The summed E-state index contributed by atoms with van der Waals surface area (Å²) in [6.07, 6.45) is 4.16. The van der Waals surface area contributed by atoms with Crippen LogP contribution in [0.5, 0.6) is 11.5 Å². The van der Waals surface area contributed by atoms with Crippen LogP contribution in [-0.2, 0) is 6.61 Å². The fourth-order valence-corrected chi connectivity index (χ4v) is 4.78. The van der Waals surface area contributed by atoms with Gasteiger partial charge in [0.05, 0.1) is 22.6 Å². The average molecular weight is 468 g/mol. The molecule has 174 valence electrons. The van der Waals surface area contributed by atoms with E-state index in [1.165, 1.54) is 17.7 Å². The lowest BCUT2D eigenvalue weighted by molar-refractivity contribution is 0.104. The molecule has 1 aromatic carbocycles. The molecule has 8 heteroatoms. The Morgan fingerprint density at radius 3 is 2.79 bits per heavy atom. The van der Waals surface area contributed by atoms with Crippen molar-refractivity contribution >= 4 is 22.9 Å². The number of carbonyl (C=O) groups is 1. The number of aliphatic hydroxyl groups is 1. The number of anilines is 1. The Hall–Kier alpha value is -2.97. The van der Waals surface area contributed by atoms with Crippen LogP contribution in [0.3, 0.4) is 0 Å². The molecule has 1 saturated carbocycles. The largest absolute Gasteiger partial charge is 0.487 e. The molecule has 0 bridgehead atoms. The van der Waals surface area contributed by atoms with Crippen LogP contribution >= 0.6 is 11.3 Å². The van der Waals surface area contributed by atoms with Crippen molar-refractivity contribution in [2.75, 3.05) is 5.32 Å². The number of carbonyl (C=O) groups excluding carboxylic acids is 1. The summed E-state index contributed by atoms with van der Waals surface area (Å²) in [7, 11) is 0. The molecular formula is C25H29N3O4S. The first-order valence-corrected chi connectivity index (χ1v) is 12.0. The minimum absolute atomic E-state index is 0.0479. The SMILES string of the molecule is CC(C)Oc1ccccc1OCc1csc(C(=O)c2cncnc2N[C@@H]2C[C@@H](C)[C@@H](O)C2)c1. The third-order valence-corrected chi connectivity index (χ3v) is 6.60. The van der Waals surface area contributed by atoms with Gasteiger partial charge >= 0.3 is 0 Å². The van der Waals surface area contributed by atoms with Crippen LogP contribution in [0.15, 0.2) is 48.2 Å². The quantitative estimate of drug-likeness (QED) is 0.440. The third kappa shape index (κ3) is 5.69. The number of rotatable bonds is 9. The van der Waals surface area contributed by atoms with Crippen molar-refractivity contribution in [3.05, 3.63) is 64.2 Å². The molecule has 1 aliphatic carbocycles. The van der Waals surface area contributed by atoms with Crippen molar-refractivity contribution in [3.8, 4) is 11.5 Å². The van der Waals surface area contributed by atoms with Gasteiger partial charge in [0.2, 0.25) is 5.78 Å². The number of nitrogens with zero attached hydrogens (tertiary/aromatic N) is 2. The molecule has 33 heavy (non-hydrogen) atoms. The molecule has 2 N–H and O–H groups in total. The number of ether oxygens (including phenoxy) is 2. The second-order valence-electron chi connectivity index (χ2n) is 8.69. The monoisotopic (exact) mass is 467 g/mol. The van der Waals surface area contributed by atoms with E-state index in [0.29, 0.717) is 40.8 Å². The van der Waals surface area contributed by atoms with Gasteiger partial charge in [-0.2, -0.15) is 0 Å². The molecule has 0 aliphatic heterocycles. The number of hydrogen-bond donors (Lipinski definition) is 2. The number of para-hydroxylation sites is 2. The predicted molar refractivity (Wildman–Crippen MR) is 128 cm³/mol. The molecule has 4 rings (SSSR count). The maximum absolute atomic E-state index is 13.2. The Kier molecular flexibility index (Phi) is 7.25. The Morgan fingerprint density at radius 1 is 1.27 bits per heavy atom. The lowest BCUT2D eigenvalue weighted by Gasteiger charge is -2.15. The van der Waals surface area contributed by atoms with Gasteiger partial charge in [0.25, 0.3) is 0 Å². The maximum Gasteiger partial charge on any atom is 0.208 e. The number of hydrogen-bond acceptors (Lipinski definition) is 8. The molecule has 0 radical (unpaired) electrons. The number of aliphatic hydroxyl groups excluding tert-OH is 1. The molecule has 0 amide bonds. The molecule has 1 fully saturated rings. The number of ketones is 1. The fourth-order valence-electron chi connectivity index (χ4n) is 3.93. The van der Waals surface area contributed by atoms with Crippen molar-refractivity contribution in [2.45, 2.75) is 58.5 Å². The number of aromatic nitrogens is 2. The topological polar surface area (TPSA) is 93.6 Å². The lowest BCUT2D eigenvalue weighted by atomic mass is 10.1. The van der Waals surface area contributed by atoms with Crippen LogP contribution in [0.2, 0.25) is 0 Å². The summed E-state index contributed by atoms with van der Waals surface area (Å²) >= 11 is 1.37. The first-order valence-electron chi connectivity index (χ1n) is 11.2. The van der Waals surface area contributed by atoms with Crippen LogP contribution in [-0.4, -0.2) is 39.1 Å². The zero-order valence-electron chi connectivity index (χ0n) is 19.0. The highest BCUT2D eigenvalue weighted by Gasteiger charge is 2.30. The minimum Gasteiger partial charge on any atom is -0.487 e. The molecule has 7 nitrogen and oxygen atoms in total. The molecular weight excluding hydrogens is 438 g/mol. The zero-order valence-corrected chi connectivity index (χ0v) is 19.8. The van der Waals surface area contributed by atoms with E-state index in [4.69, 9.17) is 9.47 Å². The van der Waals surface area contributed by atoms with Crippen LogP contribution in [0.4, 0.5) is 5.82 Å². The van der Waals surface area contributed by atoms with Gasteiger partial charge in [-0.3, -0.25) is 4.79 Å². The Bertz CT molecular complexity index is 1090. The molecule has 2 heterocycles.